The Morgan fingerprint density at radius 3 is 2.59 bits per heavy atom. The Balaban J connectivity index is 1.70. The lowest BCUT2D eigenvalue weighted by atomic mass is 9.86. The molecule has 3 atom stereocenters. The SMILES string of the molecule is C[C@@H](O)[C@@H](CC(=O)N[C@@H]1CCCc2cc(CO)ccc21)NS(=O)(=O)c1ccc(Cl)c(Cl)c1. The quantitative estimate of drug-likeness (QED) is 0.444. The largest absolute Gasteiger partial charge is 0.392 e. The summed E-state index contributed by atoms with van der Waals surface area (Å²) in [5, 5.41) is 22.7. The third-order valence-corrected chi connectivity index (χ3v) is 7.76. The van der Waals surface area contributed by atoms with Gasteiger partial charge >= 0.3 is 0 Å². The highest BCUT2D eigenvalue weighted by molar-refractivity contribution is 7.89. The Bertz CT molecular complexity index is 1090. The van der Waals surface area contributed by atoms with E-state index in [4.69, 9.17) is 23.2 Å². The summed E-state index contributed by atoms with van der Waals surface area (Å²) in [4.78, 5) is 12.6. The van der Waals surface area contributed by atoms with Crippen molar-refractivity contribution in [3.8, 4) is 0 Å². The predicted octanol–water partition coefficient (Wildman–Crippen LogP) is 3.10. The van der Waals surface area contributed by atoms with E-state index in [1.54, 1.807) is 0 Å². The minimum atomic E-state index is -4.04. The molecule has 1 aliphatic carbocycles. The summed E-state index contributed by atoms with van der Waals surface area (Å²) in [7, 11) is -4.04. The molecule has 0 heterocycles. The summed E-state index contributed by atoms with van der Waals surface area (Å²) in [6, 6.07) is 8.32. The van der Waals surface area contributed by atoms with Crippen molar-refractivity contribution in [2.75, 3.05) is 0 Å². The Kier molecular flexibility index (Phi) is 8.19. The first-order chi connectivity index (χ1) is 15.1. The number of aliphatic hydroxyl groups is 2. The number of sulfonamides is 1. The van der Waals surface area contributed by atoms with Gasteiger partial charge in [-0.15, -0.1) is 0 Å². The van der Waals surface area contributed by atoms with Gasteiger partial charge in [0, 0.05) is 6.42 Å². The van der Waals surface area contributed by atoms with Gasteiger partial charge in [-0.25, -0.2) is 13.1 Å². The van der Waals surface area contributed by atoms with Gasteiger partial charge in [-0.1, -0.05) is 41.4 Å². The highest BCUT2D eigenvalue weighted by Crippen LogP contribution is 2.31. The number of hydrogen-bond acceptors (Lipinski definition) is 5. The number of carbonyl (C=O) groups excluding carboxylic acids is 1. The molecule has 3 rings (SSSR count). The summed E-state index contributed by atoms with van der Waals surface area (Å²) < 4.78 is 27.9. The van der Waals surface area contributed by atoms with Gasteiger partial charge in [0.15, 0.2) is 0 Å². The Morgan fingerprint density at radius 2 is 1.94 bits per heavy atom. The van der Waals surface area contributed by atoms with Crippen LogP contribution in [-0.4, -0.2) is 36.7 Å². The number of aryl methyl sites for hydroxylation is 1. The maximum absolute atomic E-state index is 12.7. The van der Waals surface area contributed by atoms with E-state index in [1.165, 1.54) is 25.1 Å². The maximum Gasteiger partial charge on any atom is 0.240 e. The molecule has 0 bridgehead atoms. The molecule has 1 aliphatic rings. The molecule has 0 aliphatic heterocycles. The highest BCUT2D eigenvalue weighted by atomic mass is 35.5. The normalized spacial score (nSPS) is 18.0. The second-order valence-corrected chi connectivity index (χ2v) is 10.5. The molecule has 4 N–H and O–H groups in total. The molecule has 7 nitrogen and oxygen atoms in total. The van der Waals surface area contributed by atoms with Gasteiger partial charge in [-0.2, -0.15) is 0 Å². The van der Waals surface area contributed by atoms with Gasteiger partial charge in [0.25, 0.3) is 0 Å². The van der Waals surface area contributed by atoms with Crippen LogP contribution >= 0.6 is 23.2 Å². The Labute approximate surface area is 197 Å². The van der Waals surface area contributed by atoms with Crippen LogP contribution in [0.3, 0.4) is 0 Å². The molecule has 1 amide bonds. The van der Waals surface area contributed by atoms with Gasteiger partial charge in [0.05, 0.1) is 39.7 Å². The molecule has 0 spiro atoms. The third kappa shape index (κ3) is 6.01. The number of fused-ring (bicyclic) bond motifs is 1. The zero-order valence-corrected chi connectivity index (χ0v) is 19.8. The van der Waals surface area contributed by atoms with Gasteiger partial charge in [-0.05, 0) is 61.1 Å². The van der Waals surface area contributed by atoms with E-state index >= 15 is 0 Å². The minimum Gasteiger partial charge on any atom is -0.392 e. The lowest BCUT2D eigenvalue weighted by Gasteiger charge is -2.28. The molecule has 10 heteroatoms. The van der Waals surface area contributed by atoms with Crippen molar-refractivity contribution in [1.29, 1.82) is 0 Å². The van der Waals surface area contributed by atoms with Crippen molar-refractivity contribution in [1.82, 2.24) is 10.0 Å². The summed E-state index contributed by atoms with van der Waals surface area (Å²) in [5.74, 6) is -0.378. The van der Waals surface area contributed by atoms with Crippen molar-refractivity contribution in [2.24, 2.45) is 0 Å². The number of rotatable bonds is 8. The first kappa shape index (κ1) is 25.0. The molecule has 0 fully saturated rings. The van der Waals surface area contributed by atoms with Gasteiger partial charge < -0.3 is 15.5 Å². The van der Waals surface area contributed by atoms with Crippen LogP contribution in [0.2, 0.25) is 10.0 Å². The van der Waals surface area contributed by atoms with Crippen molar-refractivity contribution in [2.45, 2.75) is 62.3 Å². The molecule has 0 unspecified atom stereocenters. The number of carbonyl (C=O) groups is 1. The fraction of sp³-hybridized carbons (Fsp3) is 0.409. The topological polar surface area (TPSA) is 116 Å². The average Bonchev–Trinajstić information content (AvgIpc) is 2.74. The summed E-state index contributed by atoms with van der Waals surface area (Å²) in [5.41, 5.74) is 2.90. The van der Waals surface area contributed by atoms with Crippen LogP contribution in [0.15, 0.2) is 41.3 Å². The fourth-order valence-corrected chi connectivity index (χ4v) is 5.49. The first-order valence-electron chi connectivity index (χ1n) is 10.3. The summed E-state index contributed by atoms with van der Waals surface area (Å²) >= 11 is 11.8. The van der Waals surface area contributed by atoms with E-state index in [9.17, 15) is 23.4 Å². The monoisotopic (exact) mass is 500 g/mol. The standard InChI is InChI=1S/C22H26Cl2N2O5S/c1-13(28)21(26-32(30,31)16-6-8-18(23)19(24)10-16)11-22(29)25-20-4-2-3-15-9-14(12-27)5-7-17(15)20/h5-10,13,20-21,26-28H,2-4,11-12H2,1H3,(H,25,29)/t13-,20-,21-/m1/s1. The number of aliphatic hydroxyl groups excluding tert-OH is 2. The number of nitrogens with one attached hydrogen (secondary N) is 2. The minimum absolute atomic E-state index is 0.0423. The van der Waals surface area contributed by atoms with Gasteiger partial charge in [0.1, 0.15) is 0 Å². The molecular weight excluding hydrogens is 475 g/mol. The second kappa shape index (κ2) is 10.5. The van der Waals surface area contributed by atoms with Crippen LogP contribution in [0, 0.1) is 0 Å². The zero-order valence-electron chi connectivity index (χ0n) is 17.5. The number of amides is 1. The maximum atomic E-state index is 12.7. The zero-order chi connectivity index (χ0) is 23.5. The van der Waals surface area contributed by atoms with E-state index in [1.807, 2.05) is 18.2 Å². The molecule has 0 saturated heterocycles. The van der Waals surface area contributed by atoms with Crippen LogP contribution in [-0.2, 0) is 27.8 Å². The van der Waals surface area contributed by atoms with E-state index in [-0.39, 0.29) is 39.9 Å². The van der Waals surface area contributed by atoms with E-state index in [0.717, 1.165) is 36.0 Å². The number of benzene rings is 2. The van der Waals surface area contributed by atoms with Crippen molar-refractivity contribution < 1.29 is 23.4 Å². The molecule has 0 radical (unpaired) electrons. The lowest BCUT2D eigenvalue weighted by Crippen LogP contribution is -2.45. The molecular formula is C22H26Cl2N2O5S. The van der Waals surface area contributed by atoms with Crippen LogP contribution in [0.5, 0.6) is 0 Å². The summed E-state index contributed by atoms with van der Waals surface area (Å²) in [6.07, 6.45) is 1.17. The molecule has 32 heavy (non-hydrogen) atoms. The van der Waals surface area contributed by atoms with Crippen molar-refractivity contribution in [3.05, 3.63) is 63.1 Å². The van der Waals surface area contributed by atoms with E-state index in [2.05, 4.69) is 10.0 Å². The number of hydrogen-bond donors (Lipinski definition) is 4. The van der Waals surface area contributed by atoms with E-state index < -0.39 is 22.2 Å². The average molecular weight is 501 g/mol. The van der Waals surface area contributed by atoms with Crippen molar-refractivity contribution >= 4 is 39.1 Å². The van der Waals surface area contributed by atoms with E-state index in [0.29, 0.717) is 0 Å². The first-order valence-corrected chi connectivity index (χ1v) is 12.5. The summed E-state index contributed by atoms with van der Waals surface area (Å²) in [6.45, 7) is 1.38. The van der Waals surface area contributed by atoms with Crippen LogP contribution in [0.25, 0.3) is 0 Å². The number of halogens is 2. The molecule has 0 aromatic heterocycles. The lowest BCUT2D eigenvalue weighted by molar-refractivity contribution is -0.122. The van der Waals surface area contributed by atoms with Gasteiger partial charge in [-0.3, -0.25) is 4.79 Å². The third-order valence-electron chi connectivity index (χ3n) is 5.54. The molecule has 2 aromatic rings. The smallest absolute Gasteiger partial charge is 0.240 e. The van der Waals surface area contributed by atoms with Crippen molar-refractivity contribution in [3.63, 3.8) is 0 Å². The Hall–Kier alpha value is -1.68. The Morgan fingerprint density at radius 1 is 1.19 bits per heavy atom. The second-order valence-electron chi connectivity index (χ2n) is 7.95. The fourth-order valence-electron chi connectivity index (χ4n) is 3.79. The van der Waals surface area contributed by atoms with Crippen LogP contribution in [0.1, 0.15) is 48.9 Å². The van der Waals surface area contributed by atoms with Crippen LogP contribution in [0.4, 0.5) is 0 Å². The molecule has 2 aromatic carbocycles. The van der Waals surface area contributed by atoms with Crippen LogP contribution < -0.4 is 10.0 Å². The molecule has 174 valence electrons. The predicted molar refractivity (Wildman–Crippen MR) is 123 cm³/mol. The highest BCUT2D eigenvalue weighted by Gasteiger charge is 2.28. The molecule has 0 saturated carbocycles. The van der Waals surface area contributed by atoms with Gasteiger partial charge in [0.2, 0.25) is 15.9 Å².